The number of rotatable bonds is 2. The summed E-state index contributed by atoms with van der Waals surface area (Å²) < 4.78 is 0. The largest absolute Gasteiger partial charge is 0.504 e. The van der Waals surface area contributed by atoms with Crippen LogP contribution < -0.4 is 0 Å². The molecule has 1 heterocycles. The number of aliphatic hydroxyl groups excluding tert-OH is 1. The molecular weight excluding hydrogens is 256 g/mol. The first-order valence-corrected chi connectivity index (χ1v) is 6.90. The Morgan fingerprint density at radius 1 is 0.895 bits per heavy atom. The molecule has 2 aromatic carbocycles. The zero-order valence-corrected chi connectivity index (χ0v) is 10.9. The summed E-state index contributed by atoms with van der Waals surface area (Å²) in [6.45, 7) is 0. The van der Waals surface area contributed by atoms with E-state index in [-0.39, 0.29) is 16.8 Å². The van der Waals surface area contributed by atoms with Gasteiger partial charge in [0.25, 0.3) is 0 Å². The van der Waals surface area contributed by atoms with Gasteiger partial charge in [-0.2, -0.15) is 0 Å². The van der Waals surface area contributed by atoms with Crippen LogP contribution in [0, 0.1) is 0 Å². The quantitative estimate of drug-likeness (QED) is 0.895. The zero-order valence-electron chi connectivity index (χ0n) is 10.1. The summed E-state index contributed by atoms with van der Waals surface area (Å²) in [7, 11) is 0. The van der Waals surface area contributed by atoms with E-state index in [0.29, 0.717) is 4.91 Å². The molecule has 0 bridgehead atoms. The Morgan fingerprint density at radius 3 is 2.11 bits per heavy atom. The van der Waals surface area contributed by atoms with Crippen molar-refractivity contribution in [3.05, 3.63) is 77.5 Å². The van der Waals surface area contributed by atoms with Crippen LogP contribution in [0.4, 0.5) is 0 Å². The number of benzene rings is 2. The number of carbonyl (C=O) groups excluding carboxylic acids is 1. The van der Waals surface area contributed by atoms with E-state index in [4.69, 9.17) is 0 Å². The summed E-state index contributed by atoms with van der Waals surface area (Å²) in [6, 6.07) is 19.1. The van der Waals surface area contributed by atoms with Crippen LogP contribution in [0.1, 0.15) is 16.4 Å². The van der Waals surface area contributed by atoms with Gasteiger partial charge < -0.3 is 5.11 Å². The molecule has 0 aromatic heterocycles. The normalized spacial score (nSPS) is 18.9. The number of thioether (sulfide) groups is 1. The third-order valence-electron chi connectivity index (χ3n) is 3.06. The van der Waals surface area contributed by atoms with Crippen LogP contribution in [0.5, 0.6) is 0 Å². The molecular formula is C16H12O2S. The van der Waals surface area contributed by atoms with Crippen LogP contribution in [-0.4, -0.2) is 10.9 Å². The van der Waals surface area contributed by atoms with Crippen molar-refractivity contribution in [3.8, 4) is 0 Å². The molecule has 19 heavy (non-hydrogen) atoms. The lowest BCUT2D eigenvalue weighted by Gasteiger charge is -2.08. The van der Waals surface area contributed by atoms with Gasteiger partial charge in [-0.05, 0) is 11.1 Å². The minimum atomic E-state index is -0.337. The van der Waals surface area contributed by atoms with Crippen molar-refractivity contribution in [2.24, 2.45) is 0 Å². The van der Waals surface area contributed by atoms with Gasteiger partial charge in [-0.3, -0.25) is 4.79 Å². The van der Waals surface area contributed by atoms with Crippen LogP contribution in [0.25, 0.3) is 4.91 Å². The standard InChI is InChI=1S/C16H12O2S/c17-13-14(18)16(12-9-5-2-6-10-12)19-15(13)11-7-3-1-4-8-11/h1-10,15,18H/t15-/m0/s1. The summed E-state index contributed by atoms with van der Waals surface area (Å²) in [4.78, 5) is 12.8. The highest BCUT2D eigenvalue weighted by Crippen LogP contribution is 2.48. The molecule has 0 amide bonds. The van der Waals surface area contributed by atoms with Crippen molar-refractivity contribution in [1.29, 1.82) is 0 Å². The van der Waals surface area contributed by atoms with Crippen molar-refractivity contribution in [3.63, 3.8) is 0 Å². The molecule has 1 atom stereocenters. The minimum Gasteiger partial charge on any atom is -0.504 e. The third kappa shape index (κ3) is 2.17. The van der Waals surface area contributed by atoms with Crippen LogP contribution in [0.2, 0.25) is 0 Å². The lowest BCUT2D eigenvalue weighted by Crippen LogP contribution is -2.05. The highest BCUT2D eigenvalue weighted by Gasteiger charge is 2.35. The number of aliphatic hydroxyl groups is 1. The van der Waals surface area contributed by atoms with E-state index in [1.54, 1.807) is 0 Å². The molecule has 3 rings (SSSR count). The molecule has 0 radical (unpaired) electrons. The second kappa shape index (κ2) is 4.94. The van der Waals surface area contributed by atoms with E-state index in [9.17, 15) is 9.90 Å². The van der Waals surface area contributed by atoms with Crippen LogP contribution in [0.15, 0.2) is 66.4 Å². The maximum atomic E-state index is 12.2. The van der Waals surface area contributed by atoms with Gasteiger partial charge >= 0.3 is 0 Å². The van der Waals surface area contributed by atoms with Gasteiger partial charge in [-0.15, -0.1) is 11.8 Å². The molecule has 1 N–H and O–H groups in total. The highest BCUT2D eigenvalue weighted by molar-refractivity contribution is 8.09. The van der Waals surface area contributed by atoms with Gasteiger partial charge in [0, 0.05) is 0 Å². The van der Waals surface area contributed by atoms with Crippen molar-refractivity contribution in [2.75, 3.05) is 0 Å². The number of allylic oxidation sites excluding steroid dienone is 1. The Hall–Kier alpha value is -2.00. The summed E-state index contributed by atoms with van der Waals surface area (Å²) >= 11 is 1.41. The molecule has 0 saturated heterocycles. The molecule has 0 spiro atoms. The smallest absolute Gasteiger partial charge is 0.216 e. The van der Waals surface area contributed by atoms with E-state index in [1.807, 2.05) is 60.7 Å². The molecule has 0 unspecified atom stereocenters. The predicted molar refractivity (Wildman–Crippen MR) is 77.8 cm³/mol. The average Bonchev–Trinajstić information content (AvgIpc) is 2.77. The van der Waals surface area contributed by atoms with Crippen LogP contribution in [0.3, 0.4) is 0 Å². The molecule has 2 nitrogen and oxygen atoms in total. The third-order valence-corrected chi connectivity index (χ3v) is 4.45. The monoisotopic (exact) mass is 268 g/mol. The van der Waals surface area contributed by atoms with Gasteiger partial charge in [0.05, 0.1) is 4.91 Å². The van der Waals surface area contributed by atoms with Crippen molar-refractivity contribution in [1.82, 2.24) is 0 Å². The number of ketones is 1. The van der Waals surface area contributed by atoms with Gasteiger partial charge in [-0.25, -0.2) is 0 Å². The van der Waals surface area contributed by atoms with Crippen molar-refractivity contribution >= 4 is 22.5 Å². The fourth-order valence-corrected chi connectivity index (χ4v) is 3.34. The molecule has 1 aliphatic heterocycles. The van der Waals surface area contributed by atoms with Crippen LogP contribution >= 0.6 is 11.8 Å². The van der Waals surface area contributed by atoms with Crippen molar-refractivity contribution < 1.29 is 9.90 Å². The molecule has 0 saturated carbocycles. The summed E-state index contributed by atoms with van der Waals surface area (Å²) in [5, 5.41) is 9.72. The lowest BCUT2D eigenvalue weighted by atomic mass is 10.1. The fraction of sp³-hybridized carbons (Fsp3) is 0.0625. The number of Topliss-reactive ketones (excluding diaryl/α,β-unsaturated/α-hetero) is 1. The van der Waals surface area contributed by atoms with Gasteiger partial charge in [0.2, 0.25) is 5.78 Å². The number of hydrogen-bond donors (Lipinski definition) is 1. The summed E-state index contributed by atoms with van der Waals surface area (Å²) in [6.07, 6.45) is 0. The average molecular weight is 268 g/mol. The van der Waals surface area contributed by atoms with Crippen molar-refractivity contribution in [2.45, 2.75) is 5.25 Å². The molecule has 3 heteroatoms. The summed E-state index contributed by atoms with van der Waals surface area (Å²) in [5.74, 6) is -0.333. The van der Waals surface area contributed by atoms with Gasteiger partial charge in [-0.1, -0.05) is 60.7 Å². The first-order chi connectivity index (χ1) is 9.27. The topological polar surface area (TPSA) is 37.3 Å². The first-order valence-electron chi connectivity index (χ1n) is 6.02. The SMILES string of the molecule is O=C1C(O)=C(c2ccccc2)S[C@H]1c1ccccc1. The Kier molecular flexibility index (Phi) is 3.13. The molecule has 0 fully saturated rings. The Bertz CT molecular complexity index is 632. The zero-order chi connectivity index (χ0) is 13.2. The Morgan fingerprint density at radius 2 is 1.47 bits per heavy atom. The minimum absolute atomic E-state index is 0.120. The van der Waals surface area contributed by atoms with E-state index in [1.165, 1.54) is 11.8 Å². The lowest BCUT2D eigenvalue weighted by molar-refractivity contribution is -0.117. The van der Waals surface area contributed by atoms with Gasteiger partial charge in [0.15, 0.2) is 5.76 Å². The van der Waals surface area contributed by atoms with E-state index >= 15 is 0 Å². The van der Waals surface area contributed by atoms with Gasteiger partial charge in [0.1, 0.15) is 5.25 Å². The first kappa shape index (κ1) is 12.1. The van der Waals surface area contributed by atoms with E-state index in [0.717, 1.165) is 11.1 Å². The number of hydrogen-bond acceptors (Lipinski definition) is 3. The molecule has 1 aliphatic rings. The van der Waals surface area contributed by atoms with Crippen LogP contribution in [-0.2, 0) is 4.79 Å². The summed E-state index contributed by atoms with van der Waals surface area (Å²) in [5.41, 5.74) is 1.81. The van der Waals surface area contributed by atoms with E-state index < -0.39 is 0 Å². The van der Waals surface area contributed by atoms with E-state index in [2.05, 4.69) is 0 Å². The second-order valence-electron chi connectivity index (χ2n) is 4.32. The Labute approximate surface area is 115 Å². The number of carbonyl (C=O) groups is 1. The molecule has 0 aliphatic carbocycles. The fourth-order valence-electron chi connectivity index (χ4n) is 2.10. The Balaban J connectivity index is 1.96. The maximum Gasteiger partial charge on any atom is 0.216 e. The predicted octanol–water partition coefficient (Wildman–Crippen LogP) is 3.97. The maximum absolute atomic E-state index is 12.2. The molecule has 2 aromatic rings. The second-order valence-corrected chi connectivity index (χ2v) is 5.43. The molecule has 94 valence electrons. The highest BCUT2D eigenvalue weighted by atomic mass is 32.2.